The van der Waals surface area contributed by atoms with Crippen LogP contribution in [0.1, 0.15) is 115 Å². The van der Waals surface area contributed by atoms with Gasteiger partial charge < -0.3 is 0 Å². The smallest absolute Gasteiger partial charge is 0.243 e. The average molecular weight is 506 g/mol. The second-order valence-electron chi connectivity index (χ2n) is 10.3. The van der Waals surface area contributed by atoms with Gasteiger partial charge in [-0.1, -0.05) is 138 Å². The zero-order valence-corrected chi connectivity index (χ0v) is 23.6. The summed E-state index contributed by atoms with van der Waals surface area (Å²) in [6.07, 6.45) is 25.6. The number of aryl methyl sites for hydroxylation is 1. The Balaban J connectivity index is 1.27. The van der Waals surface area contributed by atoms with Crippen LogP contribution < -0.4 is 4.57 Å². The van der Waals surface area contributed by atoms with E-state index in [2.05, 4.69) is 59.1 Å². The maximum absolute atomic E-state index is 4.66. The van der Waals surface area contributed by atoms with Gasteiger partial charge in [-0.3, -0.25) is 4.99 Å². The summed E-state index contributed by atoms with van der Waals surface area (Å²) in [7, 11) is 0. The molecule has 3 aromatic rings. The molecular weight excluding hydrogens is 456 g/mol. The number of rotatable bonds is 20. The van der Waals surface area contributed by atoms with Crippen LogP contribution in [0.4, 0.5) is 5.69 Å². The quantitative estimate of drug-likeness (QED) is 0.0825. The highest BCUT2D eigenvalue weighted by molar-refractivity contribution is 7.18. The fourth-order valence-electron chi connectivity index (χ4n) is 5.04. The Bertz CT molecular complexity index is 976. The van der Waals surface area contributed by atoms with Crippen LogP contribution in [0.25, 0.3) is 10.2 Å². The predicted octanol–water partition coefficient (Wildman–Crippen LogP) is 10.4. The Morgan fingerprint density at radius 3 is 1.78 bits per heavy atom. The summed E-state index contributed by atoms with van der Waals surface area (Å²) in [6.45, 7) is 3.42. The predicted molar refractivity (Wildman–Crippen MR) is 160 cm³/mol. The van der Waals surface area contributed by atoms with E-state index in [1.165, 1.54) is 118 Å². The van der Waals surface area contributed by atoms with Crippen molar-refractivity contribution in [1.29, 1.82) is 0 Å². The SMILES string of the molecule is CCCCCCCCCCCCCCCCCC[n+]1c(CC=Nc2ccccc2)sc2ccccc21. The first-order valence-corrected chi connectivity index (χ1v) is 15.7. The molecule has 0 amide bonds. The molecule has 1 aromatic heterocycles. The first-order chi connectivity index (χ1) is 17.9. The van der Waals surface area contributed by atoms with Crippen LogP contribution in [0.15, 0.2) is 59.6 Å². The summed E-state index contributed by atoms with van der Waals surface area (Å²) in [5.74, 6) is 0. The first-order valence-electron chi connectivity index (χ1n) is 14.9. The van der Waals surface area contributed by atoms with Crippen LogP contribution >= 0.6 is 11.3 Å². The Morgan fingerprint density at radius 2 is 1.17 bits per heavy atom. The van der Waals surface area contributed by atoms with Crippen LogP contribution in [-0.2, 0) is 13.0 Å². The summed E-state index contributed by atoms with van der Waals surface area (Å²) in [4.78, 5) is 4.66. The molecule has 0 atom stereocenters. The van der Waals surface area contributed by atoms with Gasteiger partial charge in [0, 0.05) is 18.7 Å². The molecule has 3 heteroatoms. The molecule has 1 heterocycles. The van der Waals surface area contributed by atoms with Crippen molar-refractivity contribution in [1.82, 2.24) is 0 Å². The average Bonchev–Trinajstić information content (AvgIpc) is 3.26. The Morgan fingerprint density at radius 1 is 0.639 bits per heavy atom. The number of fused-ring (bicyclic) bond motifs is 1. The van der Waals surface area contributed by atoms with E-state index in [1.54, 1.807) is 0 Å². The summed E-state index contributed by atoms with van der Waals surface area (Å²) in [5, 5.41) is 1.41. The lowest BCUT2D eigenvalue weighted by molar-refractivity contribution is -0.674. The Kier molecular flexibility index (Phi) is 14.5. The normalized spacial score (nSPS) is 11.7. The molecule has 3 rings (SSSR count). The van der Waals surface area contributed by atoms with Gasteiger partial charge in [0.05, 0.1) is 12.1 Å². The van der Waals surface area contributed by atoms with Crippen molar-refractivity contribution < 1.29 is 4.57 Å². The van der Waals surface area contributed by atoms with E-state index in [-0.39, 0.29) is 0 Å². The second kappa shape index (κ2) is 18.3. The zero-order chi connectivity index (χ0) is 25.1. The number of thiazole rings is 1. The van der Waals surface area contributed by atoms with Crippen molar-refractivity contribution >= 4 is 33.5 Å². The highest BCUT2D eigenvalue weighted by Crippen LogP contribution is 2.21. The van der Waals surface area contributed by atoms with Crippen LogP contribution in [0.3, 0.4) is 0 Å². The number of aliphatic imine (C=N–C) groups is 1. The molecule has 36 heavy (non-hydrogen) atoms. The van der Waals surface area contributed by atoms with Gasteiger partial charge >= 0.3 is 0 Å². The fourth-order valence-corrected chi connectivity index (χ4v) is 6.18. The lowest BCUT2D eigenvalue weighted by Gasteiger charge is -2.03. The number of para-hydroxylation sites is 2. The molecule has 0 aliphatic rings. The molecule has 0 saturated heterocycles. The topological polar surface area (TPSA) is 16.2 Å². The van der Waals surface area contributed by atoms with E-state index in [1.807, 2.05) is 29.5 Å². The van der Waals surface area contributed by atoms with Crippen molar-refractivity contribution in [2.24, 2.45) is 4.99 Å². The van der Waals surface area contributed by atoms with Gasteiger partial charge in [-0.05, 0) is 24.6 Å². The van der Waals surface area contributed by atoms with Crippen LogP contribution in [0, 0.1) is 0 Å². The number of hydrogen-bond donors (Lipinski definition) is 0. The molecule has 0 unspecified atom stereocenters. The minimum absolute atomic E-state index is 0.896. The van der Waals surface area contributed by atoms with Crippen LogP contribution in [-0.4, -0.2) is 6.21 Å². The molecule has 0 bridgehead atoms. The molecule has 2 nitrogen and oxygen atoms in total. The fraction of sp³-hybridized carbons (Fsp3) is 0.576. The van der Waals surface area contributed by atoms with Crippen LogP contribution in [0.5, 0.6) is 0 Å². The van der Waals surface area contributed by atoms with Crippen molar-refractivity contribution in [3.63, 3.8) is 0 Å². The molecule has 0 aliphatic carbocycles. The van der Waals surface area contributed by atoms with Gasteiger partial charge in [-0.15, -0.1) is 0 Å². The van der Waals surface area contributed by atoms with E-state index in [0.29, 0.717) is 0 Å². The van der Waals surface area contributed by atoms with E-state index in [4.69, 9.17) is 0 Å². The molecule has 0 N–H and O–H groups in total. The standard InChI is InChI=1S/C33H49N2S/c1-2-3-4-5-6-7-8-9-10-11-12-13-14-15-16-22-29-35-31-25-20-21-26-32(31)36-33(35)27-28-34-30-23-18-17-19-24-30/h17-21,23-26,28H,2-16,22,27,29H2,1H3/q+1. The summed E-state index contributed by atoms with van der Waals surface area (Å²) in [6, 6.07) is 19.1. The molecule has 0 radical (unpaired) electrons. The Labute approximate surface area is 224 Å². The van der Waals surface area contributed by atoms with Gasteiger partial charge in [-0.25, -0.2) is 0 Å². The molecule has 0 spiro atoms. The third kappa shape index (κ3) is 10.9. The van der Waals surface area contributed by atoms with Crippen molar-refractivity contribution in [2.45, 2.75) is 123 Å². The molecule has 0 aliphatic heterocycles. The number of hydrogen-bond acceptors (Lipinski definition) is 2. The van der Waals surface area contributed by atoms with Gasteiger partial charge in [0.15, 0.2) is 0 Å². The monoisotopic (exact) mass is 505 g/mol. The van der Waals surface area contributed by atoms with Gasteiger partial charge in [0.1, 0.15) is 11.2 Å². The molecule has 196 valence electrons. The van der Waals surface area contributed by atoms with Gasteiger partial charge in [-0.2, -0.15) is 4.57 Å². The second-order valence-corrected chi connectivity index (χ2v) is 11.4. The molecular formula is C33H49N2S+. The third-order valence-corrected chi connectivity index (χ3v) is 8.37. The van der Waals surface area contributed by atoms with Crippen molar-refractivity contribution in [3.8, 4) is 0 Å². The highest BCUT2D eigenvalue weighted by atomic mass is 32.1. The van der Waals surface area contributed by atoms with E-state index >= 15 is 0 Å². The van der Waals surface area contributed by atoms with Gasteiger partial charge in [0.25, 0.3) is 0 Å². The van der Waals surface area contributed by atoms with Crippen molar-refractivity contribution in [3.05, 3.63) is 59.6 Å². The summed E-state index contributed by atoms with van der Waals surface area (Å²) < 4.78 is 3.93. The summed E-state index contributed by atoms with van der Waals surface area (Å²) in [5.41, 5.74) is 2.41. The number of benzene rings is 2. The van der Waals surface area contributed by atoms with E-state index in [0.717, 1.165) is 18.7 Å². The molecule has 2 aromatic carbocycles. The van der Waals surface area contributed by atoms with E-state index < -0.39 is 0 Å². The van der Waals surface area contributed by atoms with Crippen molar-refractivity contribution in [2.75, 3.05) is 0 Å². The maximum Gasteiger partial charge on any atom is 0.243 e. The Hall–Kier alpha value is -2.00. The lowest BCUT2D eigenvalue weighted by Crippen LogP contribution is -2.36. The molecule has 0 saturated carbocycles. The largest absolute Gasteiger partial charge is 0.261 e. The minimum atomic E-state index is 0.896. The zero-order valence-electron chi connectivity index (χ0n) is 22.8. The van der Waals surface area contributed by atoms with Crippen LogP contribution in [0.2, 0.25) is 0 Å². The first kappa shape index (κ1) is 28.6. The third-order valence-electron chi connectivity index (χ3n) is 7.18. The summed E-state index contributed by atoms with van der Waals surface area (Å²) >= 11 is 1.92. The number of nitrogens with zero attached hydrogens (tertiary/aromatic N) is 2. The highest BCUT2D eigenvalue weighted by Gasteiger charge is 2.18. The van der Waals surface area contributed by atoms with E-state index in [9.17, 15) is 0 Å². The molecule has 0 fully saturated rings. The minimum Gasteiger partial charge on any atom is -0.261 e. The van der Waals surface area contributed by atoms with Gasteiger partial charge in [0.2, 0.25) is 10.5 Å². The number of unbranched alkanes of at least 4 members (excludes halogenated alkanes) is 15. The maximum atomic E-state index is 4.66. The number of aromatic nitrogens is 1. The lowest BCUT2D eigenvalue weighted by atomic mass is 10.0.